The second-order valence-electron chi connectivity index (χ2n) is 6.43. The Hall–Kier alpha value is -3.61. The molecular formula is C21H23N5O2. The van der Waals surface area contributed by atoms with Gasteiger partial charge >= 0.3 is 0 Å². The van der Waals surface area contributed by atoms with E-state index in [1.54, 1.807) is 7.11 Å². The average molecular weight is 377 g/mol. The van der Waals surface area contributed by atoms with Crippen LogP contribution < -0.4 is 20.7 Å². The number of aromatic nitrogens is 2. The van der Waals surface area contributed by atoms with Gasteiger partial charge in [0.1, 0.15) is 11.6 Å². The average Bonchev–Trinajstić information content (AvgIpc) is 2.63. The van der Waals surface area contributed by atoms with Gasteiger partial charge in [0, 0.05) is 30.1 Å². The van der Waals surface area contributed by atoms with Gasteiger partial charge in [0.25, 0.3) is 0 Å². The summed E-state index contributed by atoms with van der Waals surface area (Å²) >= 11 is 0. The molecule has 3 rings (SSSR count). The van der Waals surface area contributed by atoms with E-state index in [4.69, 9.17) is 4.74 Å². The summed E-state index contributed by atoms with van der Waals surface area (Å²) in [6.45, 7) is 5.41. The molecule has 1 amide bonds. The first-order valence-corrected chi connectivity index (χ1v) is 8.85. The molecule has 1 aromatic heterocycles. The van der Waals surface area contributed by atoms with E-state index in [-0.39, 0.29) is 5.91 Å². The van der Waals surface area contributed by atoms with Gasteiger partial charge < -0.3 is 20.7 Å². The fourth-order valence-electron chi connectivity index (χ4n) is 2.72. The first kappa shape index (κ1) is 19.2. The molecule has 0 aliphatic carbocycles. The van der Waals surface area contributed by atoms with E-state index < -0.39 is 0 Å². The number of carbonyl (C=O) groups is 1. The molecule has 0 aliphatic rings. The van der Waals surface area contributed by atoms with Crippen molar-refractivity contribution in [1.82, 2.24) is 9.97 Å². The molecule has 0 spiro atoms. The SMILES string of the molecule is COc1ccc(C)cc1Nc1cc(C)nc(Nc2ccc(NC(C)=O)cc2)n1. The van der Waals surface area contributed by atoms with E-state index in [0.717, 1.165) is 34.1 Å². The molecule has 0 aliphatic heterocycles. The largest absolute Gasteiger partial charge is 0.495 e. The van der Waals surface area contributed by atoms with E-state index in [9.17, 15) is 4.79 Å². The minimum atomic E-state index is -0.106. The van der Waals surface area contributed by atoms with Gasteiger partial charge in [0.2, 0.25) is 11.9 Å². The Morgan fingerprint density at radius 1 is 0.929 bits per heavy atom. The molecule has 0 saturated carbocycles. The fraction of sp³-hybridized carbons (Fsp3) is 0.190. The fourth-order valence-corrected chi connectivity index (χ4v) is 2.72. The van der Waals surface area contributed by atoms with Crippen molar-refractivity contribution in [2.45, 2.75) is 20.8 Å². The molecule has 1 heterocycles. The van der Waals surface area contributed by atoms with E-state index >= 15 is 0 Å². The van der Waals surface area contributed by atoms with E-state index in [2.05, 4.69) is 25.9 Å². The minimum Gasteiger partial charge on any atom is -0.495 e. The van der Waals surface area contributed by atoms with Gasteiger partial charge in [-0.2, -0.15) is 4.98 Å². The zero-order valence-corrected chi connectivity index (χ0v) is 16.3. The Morgan fingerprint density at radius 2 is 1.64 bits per heavy atom. The third-order valence-electron chi connectivity index (χ3n) is 3.93. The van der Waals surface area contributed by atoms with Crippen molar-refractivity contribution in [2.75, 3.05) is 23.1 Å². The van der Waals surface area contributed by atoms with Crippen LogP contribution >= 0.6 is 0 Å². The number of benzene rings is 2. The molecule has 7 nitrogen and oxygen atoms in total. The molecule has 2 aromatic carbocycles. The van der Waals surface area contributed by atoms with E-state index in [1.165, 1.54) is 6.92 Å². The Bertz CT molecular complexity index is 987. The molecule has 3 aromatic rings. The van der Waals surface area contributed by atoms with Crippen LogP contribution in [0.5, 0.6) is 5.75 Å². The normalized spacial score (nSPS) is 10.3. The van der Waals surface area contributed by atoms with Gasteiger partial charge in [0.05, 0.1) is 12.8 Å². The van der Waals surface area contributed by atoms with E-state index in [0.29, 0.717) is 11.8 Å². The third-order valence-corrected chi connectivity index (χ3v) is 3.93. The molecule has 7 heteroatoms. The topological polar surface area (TPSA) is 88.2 Å². The van der Waals surface area contributed by atoms with Crippen LogP contribution in [0.25, 0.3) is 0 Å². The summed E-state index contributed by atoms with van der Waals surface area (Å²) in [7, 11) is 1.64. The maximum atomic E-state index is 11.1. The highest BCUT2D eigenvalue weighted by molar-refractivity contribution is 5.88. The lowest BCUT2D eigenvalue weighted by Crippen LogP contribution is -2.06. The van der Waals surface area contributed by atoms with E-state index in [1.807, 2.05) is 62.4 Å². The highest BCUT2D eigenvalue weighted by Gasteiger charge is 2.08. The third kappa shape index (κ3) is 4.97. The highest BCUT2D eigenvalue weighted by Crippen LogP contribution is 2.28. The smallest absolute Gasteiger partial charge is 0.229 e. The number of hydrogen-bond acceptors (Lipinski definition) is 6. The zero-order valence-electron chi connectivity index (χ0n) is 16.3. The number of hydrogen-bond donors (Lipinski definition) is 3. The van der Waals surface area contributed by atoms with Gasteiger partial charge in [-0.25, -0.2) is 4.98 Å². The second kappa shape index (κ2) is 8.39. The summed E-state index contributed by atoms with van der Waals surface area (Å²) in [6.07, 6.45) is 0. The predicted molar refractivity (Wildman–Crippen MR) is 112 cm³/mol. The van der Waals surface area contributed by atoms with Crippen molar-refractivity contribution in [1.29, 1.82) is 0 Å². The zero-order chi connectivity index (χ0) is 20.1. The van der Waals surface area contributed by atoms with Crippen molar-refractivity contribution in [3.8, 4) is 5.75 Å². The predicted octanol–water partition coefficient (Wildman–Crippen LogP) is 4.55. The summed E-state index contributed by atoms with van der Waals surface area (Å²) in [5.41, 5.74) is 4.33. The lowest BCUT2D eigenvalue weighted by molar-refractivity contribution is -0.114. The number of rotatable bonds is 6. The minimum absolute atomic E-state index is 0.106. The molecule has 28 heavy (non-hydrogen) atoms. The summed E-state index contributed by atoms with van der Waals surface area (Å²) < 4.78 is 5.42. The molecule has 0 atom stereocenters. The Kier molecular flexibility index (Phi) is 5.74. The lowest BCUT2D eigenvalue weighted by Gasteiger charge is -2.13. The standard InChI is InChI=1S/C21H23N5O2/c1-13-5-10-19(28-4)18(11-13)25-20-12-14(2)22-21(26-20)24-17-8-6-16(7-9-17)23-15(3)27/h5-12H,1-4H3,(H,23,27)(H2,22,24,25,26). The molecule has 144 valence electrons. The second-order valence-corrected chi connectivity index (χ2v) is 6.43. The van der Waals surface area contributed by atoms with Gasteiger partial charge in [-0.3, -0.25) is 4.79 Å². The maximum Gasteiger partial charge on any atom is 0.229 e. The molecule has 0 unspecified atom stereocenters. The monoisotopic (exact) mass is 377 g/mol. The van der Waals surface area contributed by atoms with Gasteiger partial charge in [-0.1, -0.05) is 6.07 Å². The summed E-state index contributed by atoms with van der Waals surface area (Å²) in [5, 5.41) is 9.22. The first-order chi connectivity index (χ1) is 13.4. The molecule has 0 bridgehead atoms. The number of aryl methyl sites for hydroxylation is 2. The number of anilines is 5. The summed E-state index contributed by atoms with van der Waals surface area (Å²) in [5.74, 6) is 1.77. The van der Waals surface area contributed by atoms with Crippen molar-refractivity contribution in [3.63, 3.8) is 0 Å². The van der Waals surface area contributed by atoms with Crippen LogP contribution in [0.15, 0.2) is 48.5 Å². The van der Waals surface area contributed by atoms with Crippen LogP contribution in [0.4, 0.5) is 28.8 Å². The number of ether oxygens (including phenoxy) is 1. The number of carbonyl (C=O) groups excluding carboxylic acids is 1. The van der Waals surface area contributed by atoms with Crippen LogP contribution in [0.2, 0.25) is 0 Å². The molecule has 0 fully saturated rings. The van der Waals surface area contributed by atoms with Gasteiger partial charge in [0.15, 0.2) is 0 Å². The summed E-state index contributed by atoms with van der Waals surface area (Å²) in [6, 6.07) is 15.1. The van der Waals surface area contributed by atoms with Crippen LogP contribution in [0.3, 0.4) is 0 Å². The van der Waals surface area contributed by atoms with Crippen molar-refractivity contribution in [2.24, 2.45) is 0 Å². The van der Waals surface area contributed by atoms with Crippen LogP contribution in [0, 0.1) is 13.8 Å². The van der Waals surface area contributed by atoms with Crippen molar-refractivity contribution in [3.05, 3.63) is 59.8 Å². The van der Waals surface area contributed by atoms with Crippen molar-refractivity contribution >= 4 is 34.7 Å². The van der Waals surface area contributed by atoms with Crippen molar-refractivity contribution < 1.29 is 9.53 Å². The van der Waals surface area contributed by atoms with Crippen LogP contribution in [-0.2, 0) is 4.79 Å². The Balaban J connectivity index is 1.80. The summed E-state index contributed by atoms with van der Waals surface area (Å²) in [4.78, 5) is 20.1. The van der Waals surface area contributed by atoms with Gasteiger partial charge in [-0.15, -0.1) is 0 Å². The number of nitrogens with one attached hydrogen (secondary N) is 3. The lowest BCUT2D eigenvalue weighted by atomic mass is 10.2. The Morgan fingerprint density at radius 3 is 2.32 bits per heavy atom. The molecular weight excluding hydrogens is 354 g/mol. The first-order valence-electron chi connectivity index (χ1n) is 8.85. The number of methoxy groups -OCH3 is 1. The quantitative estimate of drug-likeness (QED) is 0.584. The molecule has 0 radical (unpaired) electrons. The maximum absolute atomic E-state index is 11.1. The number of nitrogens with zero attached hydrogens (tertiary/aromatic N) is 2. The molecule has 3 N–H and O–H groups in total. The molecule has 0 saturated heterocycles. The van der Waals surface area contributed by atoms with Crippen LogP contribution in [-0.4, -0.2) is 23.0 Å². The van der Waals surface area contributed by atoms with Gasteiger partial charge in [-0.05, 0) is 55.8 Å². The van der Waals surface area contributed by atoms with Crippen LogP contribution in [0.1, 0.15) is 18.2 Å². The number of amides is 1. The highest BCUT2D eigenvalue weighted by atomic mass is 16.5. The Labute approximate surface area is 164 Å².